The molecule has 0 aromatic carbocycles. The Kier molecular flexibility index (Phi) is 4.13. The van der Waals surface area contributed by atoms with Gasteiger partial charge in [0.05, 0.1) is 18.8 Å². The number of carbonyl (C=O) groups excluding carboxylic acids is 1. The van der Waals surface area contributed by atoms with Gasteiger partial charge in [-0.1, -0.05) is 6.07 Å². The van der Waals surface area contributed by atoms with Crippen LogP contribution in [0.15, 0.2) is 48.9 Å². The number of hydrogen-bond acceptors (Lipinski definition) is 5. The average Bonchev–Trinajstić information content (AvgIpc) is 3.06. The van der Waals surface area contributed by atoms with Crippen LogP contribution in [-0.2, 0) is 4.74 Å². The zero-order valence-electron chi connectivity index (χ0n) is 13.2. The molecule has 24 heavy (non-hydrogen) atoms. The third-order valence-electron chi connectivity index (χ3n) is 4.60. The van der Waals surface area contributed by atoms with E-state index < -0.39 is 0 Å². The Morgan fingerprint density at radius 3 is 2.96 bits per heavy atom. The van der Waals surface area contributed by atoms with Crippen molar-refractivity contribution < 1.29 is 14.3 Å². The van der Waals surface area contributed by atoms with E-state index in [0.29, 0.717) is 18.8 Å². The summed E-state index contributed by atoms with van der Waals surface area (Å²) in [6.07, 6.45) is 6.63. The minimum atomic E-state index is -0.105. The van der Waals surface area contributed by atoms with E-state index >= 15 is 0 Å². The lowest BCUT2D eigenvalue weighted by Gasteiger charge is -2.38. The first-order valence-corrected chi connectivity index (χ1v) is 8.23. The monoisotopic (exact) mass is 325 g/mol. The molecule has 2 aliphatic rings. The minimum Gasteiger partial charge on any atom is -0.486 e. The first-order chi connectivity index (χ1) is 11.8. The van der Waals surface area contributed by atoms with Gasteiger partial charge in [0.25, 0.3) is 5.91 Å². The fourth-order valence-corrected chi connectivity index (χ4v) is 3.52. The van der Waals surface area contributed by atoms with E-state index in [0.717, 1.165) is 18.6 Å². The molecule has 2 aromatic rings. The number of nitrogens with zero attached hydrogens (tertiary/aromatic N) is 3. The summed E-state index contributed by atoms with van der Waals surface area (Å²) in [5, 5.41) is 0. The molecule has 0 spiro atoms. The van der Waals surface area contributed by atoms with E-state index in [-0.39, 0.29) is 24.2 Å². The van der Waals surface area contributed by atoms with Crippen molar-refractivity contribution in [2.45, 2.75) is 31.1 Å². The van der Waals surface area contributed by atoms with E-state index in [1.54, 1.807) is 24.7 Å². The zero-order chi connectivity index (χ0) is 16.4. The molecule has 1 aliphatic heterocycles. The highest BCUT2D eigenvalue weighted by atomic mass is 16.5. The molecule has 2 aromatic heterocycles. The lowest BCUT2D eigenvalue weighted by Crippen LogP contribution is -2.54. The van der Waals surface area contributed by atoms with Crippen molar-refractivity contribution in [2.24, 2.45) is 0 Å². The number of carbonyl (C=O) groups is 1. The number of pyridine rings is 2. The Bertz CT molecular complexity index is 695. The van der Waals surface area contributed by atoms with Crippen LogP contribution >= 0.6 is 0 Å². The molecule has 4 rings (SSSR count). The van der Waals surface area contributed by atoms with Gasteiger partial charge >= 0.3 is 0 Å². The molecular weight excluding hydrogens is 306 g/mol. The van der Waals surface area contributed by atoms with Crippen LogP contribution < -0.4 is 4.74 Å². The topological polar surface area (TPSA) is 64.6 Å². The number of morpholine rings is 1. The van der Waals surface area contributed by atoms with Crippen molar-refractivity contribution in [1.82, 2.24) is 14.9 Å². The Morgan fingerprint density at radius 2 is 2.17 bits per heavy atom. The van der Waals surface area contributed by atoms with Gasteiger partial charge in [0.15, 0.2) is 0 Å². The molecule has 1 saturated heterocycles. The third-order valence-corrected chi connectivity index (χ3v) is 4.60. The zero-order valence-corrected chi connectivity index (χ0v) is 13.2. The number of aromatic nitrogens is 2. The highest BCUT2D eigenvalue weighted by molar-refractivity contribution is 5.92. The molecule has 3 atom stereocenters. The first-order valence-electron chi connectivity index (χ1n) is 8.23. The van der Waals surface area contributed by atoms with Gasteiger partial charge in [0, 0.05) is 18.9 Å². The number of rotatable bonds is 3. The predicted molar refractivity (Wildman–Crippen MR) is 86.7 cm³/mol. The van der Waals surface area contributed by atoms with E-state index in [1.165, 1.54) is 0 Å². The van der Waals surface area contributed by atoms with Gasteiger partial charge < -0.3 is 14.4 Å². The summed E-state index contributed by atoms with van der Waals surface area (Å²) in [5.41, 5.74) is 0.481. The standard InChI is InChI=1S/C18H19N3O3/c22-18(14-5-1-2-9-20-14)21-10-11-23-17-15(21)6-7-16(17)24-13-4-3-8-19-12-13/h1-5,8-9,12,15-17H,6-7,10-11H2/t15-,16+,17+/m1/s1. The van der Waals surface area contributed by atoms with Gasteiger partial charge in [-0.05, 0) is 37.1 Å². The van der Waals surface area contributed by atoms with Gasteiger partial charge in [-0.2, -0.15) is 0 Å². The minimum absolute atomic E-state index is 0.0315. The Labute approximate surface area is 140 Å². The summed E-state index contributed by atoms with van der Waals surface area (Å²) in [5.74, 6) is 0.704. The summed E-state index contributed by atoms with van der Waals surface area (Å²) in [4.78, 5) is 22.9. The van der Waals surface area contributed by atoms with Crippen molar-refractivity contribution in [3.8, 4) is 5.75 Å². The molecule has 1 aliphatic carbocycles. The fraction of sp³-hybridized carbons (Fsp3) is 0.389. The molecule has 6 nitrogen and oxygen atoms in total. The molecule has 0 radical (unpaired) electrons. The Hall–Kier alpha value is -2.47. The Morgan fingerprint density at radius 1 is 1.21 bits per heavy atom. The van der Waals surface area contributed by atoms with Gasteiger partial charge in [-0.3, -0.25) is 14.8 Å². The van der Waals surface area contributed by atoms with Crippen LogP contribution in [0.5, 0.6) is 5.75 Å². The van der Waals surface area contributed by atoms with Crippen molar-refractivity contribution in [3.63, 3.8) is 0 Å². The summed E-state index contributed by atoms with van der Waals surface area (Å²) in [6, 6.07) is 9.17. The maximum absolute atomic E-state index is 12.8. The summed E-state index contributed by atoms with van der Waals surface area (Å²) < 4.78 is 12.0. The maximum Gasteiger partial charge on any atom is 0.272 e. The van der Waals surface area contributed by atoms with Gasteiger partial charge in [-0.15, -0.1) is 0 Å². The van der Waals surface area contributed by atoms with Crippen LogP contribution in [0.1, 0.15) is 23.3 Å². The van der Waals surface area contributed by atoms with Crippen LogP contribution in [0, 0.1) is 0 Å². The largest absolute Gasteiger partial charge is 0.486 e. The molecule has 0 unspecified atom stereocenters. The first kappa shape index (κ1) is 15.1. The number of amides is 1. The molecule has 0 bridgehead atoms. The van der Waals surface area contributed by atoms with Crippen LogP contribution in [0.3, 0.4) is 0 Å². The fourth-order valence-electron chi connectivity index (χ4n) is 3.52. The van der Waals surface area contributed by atoms with E-state index in [2.05, 4.69) is 9.97 Å². The second-order valence-corrected chi connectivity index (χ2v) is 6.04. The van der Waals surface area contributed by atoms with Crippen LogP contribution in [-0.4, -0.2) is 52.2 Å². The normalized spacial score (nSPS) is 26.0. The molecular formula is C18H19N3O3. The molecule has 124 valence electrons. The smallest absolute Gasteiger partial charge is 0.272 e. The predicted octanol–water partition coefficient (Wildman–Crippen LogP) is 1.93. The molecule has 2 fully saturated rings. The van der Waals surface area contributed by atoms with E-state index in [4.69, 9.17) is 9.47 Å². The van der Waals surface area contributed by atoms with Crippen LogP contribution in [0.2, 0.25) is 0 Å². The SMILES string of the molecule is O=C(c1ccccn1)N1CCO[C@@H]2[C@@H](Oc3cccnc3)CC[C@H]21. The summed E-state index contributed by atoms with van der Waals surface area (Å²) >= 11 is 0. The lowest BCUT2D eigenvalue weighted by atomic mass is 10.1. The highest BCUT2D eigenvalue weighted by Gasteiger charge is 2.46. The summed E-state index contributed by atoms with van der Waals surface area (Å²) in [6.45, 7) is 1.11. The molecule has 1 amide bonds. The van der Waals surface area contributed by atoms with Crippen LogP contribution in [0.4, 0.5) is 0 Å². The molecule has 6 heteroatoms. The molecule has 3 heterocycles. The summed E-state index contributed by atoms with van der Waals surface area (Å²) in [7, 11) is 0. The van der Waals surface area contributed by atoms with Gasteiger partial charge in [-0.25, -0.2) is 0 Å². The second-order valence-electron chi connectivity index (χ2n) is 6.04. The molecule has 1 saturated carbocycles. The second kappa shape index (κ2) is 6.57. The lowest BCUT2D eigenvalue weighted by molar-refractivity contribution is -0.0787. The quantitative estimate of drug-likeness (QED) is 0.863. The number of hydrogen-bond donors (Lipinski definition) is 0. The van der Waals surface area contributed by atoms with Crippen molar-refractivity contribution in [2.75, 3.05) is 13.2 Å². The number of fused-ring (bicyclic) bond motifs is 1. The van der Waals surface area contributed by atoms with Crippen molar-refractivity contribution >= 4 is 5.91 Å². The van der Waals surface area contributed by atoms with Crippen LogP contribution in [0.25, 0.3) is 0 Å². The number of ether oxygens (including phenoxy) is 2. The van der Waals surface area contributed by atoms with Crippen molar-refractivity contribution in [1.29, 1.82) is 0 Å². The Balaban J connectivity index is 1.49. The maximum atomic E-state index is 12.8. The highest BCUT2D eigenvalue weighted by Crippen LogP contribution is 2.33. The van der Waals surface area contributed by atoms with Gasteiger partial charge in [0.1, 0.15) is 23.7 Å². The average molecular weight is 325 g/mol. The van der Waals surface area contributed by atoms with Gasteiger partial charge in [0.2, 0.25) is 0 Å². The van der Waals surface area contributed by atoms with E-state index in [1.807, 2.05) is 29.2 Å². The van der Waals surface area contributed by atoms with Crippen molar-refractivity contribution in [3.05, 3.63) is 54.6 Å². The van der Waals surface area contributed by atoms with E-state index in [9.17, 15) is 4.79 Å². The third kappa shape index (κ3) is 2.85. The molecule has 0 N–H and O–H groups in total.